The summed E-state index contributed by atoms with van der Waals surface area (Å²) in [5.41, 5.74) is 1.61. The topological polar surface area (TPSA) is 91.4 Å². The molecule has 4 aromatic rings. The fraction of sp³-hybridized carbons (Fsp3) is 0.440. The highest BCUT2D eigenvalue weighted by atomic mass is 19.4. The molecule has 0 radical (unpaired) electrons. The highest BCUT2D eigenvalue weighted by molar-refractivity contribution is 5.97. The molecule has 1 atom stereocenters. The van der Waals surface area contributed by atoms with Crippen molar-refractivity contribution in [3.63, 3.8) is 0 Å². The van der Waals surface area contributed by atoms with Crippen LogP contribution in [0.15, 0.2) is 30.7 Å². The minimum Gasteiger partial charge on any atom is -0.366 e. The van der Waals surface area contributed by atoms with Crippen molar-refractivity contribution in [2.45, 2.75) is 51.2 Å². The molecule has 0 aromatic carbocycles. The molecule has 1 saturated heterocycles. The van der Waals surface area contributed by atoms with Gasteiger partial charge in [0.2, 0.25) is 0 Å². The van der Waals surface area contributed by atoms with Crippen molar-refractivity contribution in [2.24, 2.45) is 5.41 Å². The Kier molecular flexibility index (Phi) is 5.00. The van der Waals surface area contributed by atoms with Crippen molar-refractivity contribution < 1.29 is 13.2 Å². The van der Waals surface area contributed by atoms with E-state index in [0.29, 0.717) is 34.0 Å². The van der Waals surface area contributed by atoms with Gasteiger partial charge in [-0.3, -0.25) is 4.98 Å². The van der Waals surface area contributed by atoms with Crippen LogP contribution >= 0.6 is 0 Å². The lowest BCUT2D eigenvalue weighted by atomic mass is 9.80. The third-order valence-electron chi connectivity index (χ3n) is 7.18. The summed E-state index contributed by atoms with van der Waals surface area (Å²) >= 11 is 0. The first-order valence-corrected chi connectivity index (χ1v) is 11.9. The van der Waals surface area contributed by atoms with Gasteiger partial charge in [-0.25, -0.2) is 15.0 Å². The molecule has 0 bridgehead atoms. The fourth-order valence-corrected chi connectivity index (χ4v) is 5.02. The molecule has 3 N–H and O–H groups in total. The molecule has 7 nitrogen and oxygen atoms in total. The monoisotopic (exact) mass is 481 g/mol. The van der Waals surface area contributed by atoms with Crippen molar-refractivity contribution in [2.75, 3.05) is 18.4 Å². The SMILES string of the molecule is CC1(C)CNCC[C@@H]1Nc1nc(-c2ccnc3[nH]c(C(F)(F)F)cc23)nc2cncc(C3CC3)c12. The van der Waals surface area contributed by atoms with E-state index in [2.05, 4.69) is 39.4 Å². The van der Waals surface area contributed by atoms with Gasteiger partial charge in [-0.2, -0.15) is 13.2 Å². The maximum Gasteiger partial charge on any atom is 0.431 e. The molecular weight excluding hydrogens is 455 g/mol. The summed E-state index contributed by atoms with van der Waals surface area (Å²) in [6.07, 6.45) is 3.73. The third-order valence-corrected chi connectivity index (χ3v) is 7.18. The number of nitrogens with zero attached hydrogens (tertiary/aromatic N) is 4. The second kappa shape index (κ2) is 7.87. The summed E-state index contributed by atoms with van der Waals surface area (Å²) in [5.74, 6) is 1.50. The minimum atomic E-state index is -4.50. The number of hydrogen-bond acceptors (Lipinski definition) is 6. The summed E-state index contributed by atoms with van der Waals surface area (Å²) in [4.78, 5) is 20.6. The maximum atomic E-state index is 13.4. The van der Waals surface area contributed by atoms with Crippen molar-refractivity contribution in [1.82, 2.24) is 30.2 Å². The summed E-state index contributed by atoms with van der Waals surface area (Å²) in [6, 6.07) is 2.91. The second-order valence-electron chi connectivity index (χ2n) is 10.2. The third kappa shape index (κ3) is 3.99. The number of anilines is 1. The van der Waals surface area contributed by atoms with Gasteiger partial charge in [0.25, 0.3) is 0 Å². The fourth-order valence-electron chi connectivity index (χ4n) is 5.02. The van der Waals surface area contributed by atoms with E-state index in [1.807, 2.05) is 6.20 Å². The molecule has 6 rings (SSSR count). The first-order chi connectivity index (χ1) is 16.7. The lowest BCUT2D eigenvalue weighted by Crippen LogP contribution is -2.49. The average molecular weight is 482 g/mol. The molecule has 182 valence electrons. The van der Waals surface area contributed by atoms with Crippen molar-refractivity contribution >= 4 is 27.8 Å². The van der Waals surface area contributed by atoms with Crippen LogP contribution in [0.25, 0.3) is 33.3 Å². The van der Waals surface area contributed by atoms with Crippen molar-refractivity contribution in [3.05, 3.63) is 42.0 Å². The van der Waals surface area contributed by atoms with E-state index in [1.165, 1.54) is 6.20 Å². The van der Waals surface area contributed by atoms with Crippen LogP contribution in [0.5, 0.6) is 0 Å². The van der Waals surface area contributed by atoms with E-state index >= 15 is 0 Å². The highest BCUT2D eigenvalue weighted by Gasteiger charge is 2.35. The molecule has 2 aliphatic rings. The number of alkyl halides is 3. The van der Waals surface area contributed by atoms with Crippen molar-refractivity contribution in [1.29, 1.82) is 0 Å². The Morgan fingerprint density at radius 2 is 1.94 bits per heavy atom. The number of fused-ring (bicyclic) bond motifs is 2. The second-order valence-corrected chi connectivity index (χ2v) is 10.2. The lowest BCUT2D eigenvalue weighted by molar-refractivity contribution is -0.140. The molecule has 2 fully saturated rings. The Morgan fingerprint density at radius 1 is 1.11 bits per heavy atom. The van der Waals surface area contributed by atoms with Gasteiger partial charge < -0.3 is 15.6 Å². The number of pyridine rings is 2. The van der Waals surface area contributed by atoms with E-state index < -0.39 is 11.9 Å². The zero-order chi connectivity index (χ0) is 24.4. The quantitative estimate of drug-likeness (QED) is 0.368. The Balaban J connectivity index is 1.54. The summed E-state index contributed by atoms with van der Waals surface area (Å²) < 4.78 is 40.1. The number of rotatable bonds is 4. The molecule has 1 aliphatic carbocycles. The highest BCUT2D eigenvalue weighted by Crippen LogP contribution is 2.45. The Bertz CT molecular complexity index is 1420. The number of piperidine rings is 1. The van der Waals surface area contributed by atoms with E-state index in [4.69, 9.17) is 9.97 Å². The molecule has 35 heavy (non-hydrogen) atoms. The van der Waals surface area contributed by atoms with Crippen LogP contribution in [0.1, 0.15) is 50.3 Å². The Morgan fingerprint density at radius 3 is 2.69 bits per heavy atom. The van der Waals surface area contributed by atoms with E-state index in [9.17, 15) is 13.2 Å². The summed E-state index contributed by atoms with van der Waals surface area (Å²) in [5, 5.41) is 8.44. The standard InChI is InChI=1S/C25H26F3N7/c1-24(2)12-29-7-6-18(24)33-23-20-16(13-3-4-13)10-30-11-17(20)32-22(35-23)14-5-8-31-21-15(14)9-19(34-21)25(26,27)28/h5,8-11,13,18,29H,3-4,6-7,12H2,1-2H3,(H,31,34)(H,32,33,35)/t18-/m0/s1. The van der Waals surface area contributed by atoms with Crippen LogP contribution < -0.4 is 10.6 Å². The molecule has 0 unspecified atom stereocenters. The van der Waals surface area contributed by atoms with E-state index in [-0.39, 0.29) is 17.1 Å². The van der Waals surface area contributed by atoms with Crippen LogP contribution in [-0.4, -0.2) is 44.1 Å². The van der Waals surface area contributed by atoms with Crippen LogP contribution in [-0.2, 0) is 6.18 Å². The molecule has 0 amide bonds. The lowest BCUT2D eigenvalue weighted by Gasteiger charge is -2.40. The van der Waals surface area contributed by atoms with Crippen LogP contribution in [0.4, 0.5) is 19.0 Å². The summed E-state index contributed by atoms with van der Waals surface area (Å²) in [7, 11) is 0. The number of halogens is 3. The number of nitrogens with one attached hydrogen (secondary N) is 3. The molecule has 0 spiro atoms. The first kappa shape index (κ1) is 22.2. The Labute approximate surface area is 200 Å². The number of H-pyrrole nitrogens is 1. The van der Waals surface area contributed by atoms with Gasteiger partial charge in [-0.05, 0) is 54.8 Å². The molecule has 5 heterocycles. The predicted molar refractivity (Wildman–Crippen MR) is 128 cm³/mol. The van der Waals surface area contributed by atoms with Gasteiger partial charge in [-0.15, -0.1) is 0 Å². The number of aromatic amines is 1. The van der Waals surface area contributed by atoms with Crippen molar-refractivity contribution in [3.8, 4) is 11.4 Å². The number of aromatic nitrogens is 5. The van der Waals surface area contributed by atoms with Crippen LogP contribution in [0.2, 0.25) is 0 Å². The van der Waals surface area contributed by atoms with Gasteiger partial charge >= 0.3 is 6.18 Å². The number of hydrogen-bond donors (Lipinski definition) is 3. The Hall–Kier alpha value is -3.27. The molecule has 4 aromatic heterocycles. The molecule has 10 heteroatoms. The van der Waals surface area contributed by atoms with Gasteiger partial charge in [0.05, 0.1) is 11.7 Å². The molecular formula is C25H26F3N7. The van der Waals surface area contributed by atoms with Gasteiger partial charge in [0, 0.05) is 41.3 Å². The first-order valence-electron chi connectivity index (χ1n) is 11.9. The zero-order valence-electron chi connectivity index (χ0n) is 19.5. The van der Waals surface area contributed by atoms with Gasteiger partial charge in [0.15, 0.2) is 5.82 Å². The van der Waals surface area contributed by atoms with Gasteiger partial charge in [-0.1, -0.05) is 13.8 Å². The van der Waals surface area contributed by atoms with Gasteiger partial charge in [0.1, 0.15) is 17.2 Å². The smallest absolute Gasteiger partial charge is 0.366 e. The molecule has 1 saturated carbocycles. The van der Waals surface area contributed by atoms with Crippen LogP contribution in [0, 0.1) is 5.41 Å². The predicted octanol–water partition coefficient (Wildman–Crippen LogP) is 5.26. The minimum absolute atomic E-state index is 0.00531. The average Bonchev–Trinajstić information content (AvgIpc) is 3.56. The van der Waals surface area contributed by atoms with E-state index in [1.54, 1.807) is 12.3 Å². The maximum absolute atomic E-state index is 13.4. The summed E-state index contributed by atoms with van der Waals surface area (Å²) in [6.45, 7) is 6.22. The van der Waals surface area contributed by atoms with E-state index in [0.717, 1.165) is 49.4 Å². The molecule has 1 aliphatic heterocycles. The largest absolute Gasteiger partial charge is 0.431 e. The normalized spacial score (nSPS) is 20.4. The van der Waals surface area contributed by atoms with Crippen LogP contribution in [0.3, 0.4) is 0 Å². The zero-order valence-corrected chi connectivity index (χ0v) is 19.5.